The second-order valence-corrected chi connectivity index (χ2v) is 6.19. The van der Waals surface area contributed by atoms with Gasteiger partial charge in [-0.25, -0.2) is 0 Å². The lowest BCUT2D eigenvalue weighted by Crippen LogP contribution is -2.27. The van der Waals surface area contributed by atoms with Crippen molar-refractivity contribution < 1.29 is 0 Å². The molecule has 1 nitrogen and oxygen atoms in total. The van der Waals surface area contributed by atoms with Gasteiger partial charge in [0.05, 0.1) is 10.1 Å². The van der Waals surface area contributed by atoms with Crippen molar-refractivity contribution in [3.05, 3.63) is 0 Å². The summed E-state index contributed by atoms with van der Waals surface area (Å²) in [4.78, 5) is 4.65. The summed E-state index contributed by atoms with van der Waals surface area (Å²) in [6.45, 7) is 4.55. The molecule has 0 aromatic rings. The molecule has 0 aromatic heterocycles. The van der Waals surface area contributed by atoms with Gasteiger partial charge < -0.3 is 0 Å². The van der Waals surface area contributed by atoms with E-state index >= 15 is 0 Å². The molecule has 0 amide bonds. The molecule has 1 spiro atoms. The molecule has 0 aromatic carbocycles. The molecule has 0 radical (unpaired) electrons. The van der Waals surface area contributed by atoms with Crippen molar-refractivity contribution in [2.24, 2.45) is 10.9 Å². The van der Waals surface area contributed by atoms with Crippen molar-refractivity contribution in [2.45, 2.75) is 56.1 Å². The monoisotopic (exact) mass is 197 g/mol. The molecular formula is C11H19NS. The third-order valence-electron chi connectivity index (χ3n) is 3.08. The SMILES string of the molecule is CC(C)C1N=CC2(CCCCC2)S1. The van der Waals surface area contributed by atoms with Gasteiger partial charge in [-0.1, -0.05) is 33.1 Å². The summed E-state index contributed by atoms with van der Waals surface area (Å²) in [5.41, 5.74) is 0. The molecule has 2 aliphatic rings. The van der Waals surface area contributed by atoms with Gasteiger partial charge in [0.2, 0.25) is 0 Å². The molecule has 1 atom stereocenters. The molecule has 0 saturated heterocycles. The van der Waals surface area contributed by atoms with Gasteiger partial charge in [0, 0.05) is 6.21 Å². The summed E-state index contributed by atoms with van der Waals surface area (Å²) in [5, 5.41) is 0.540. The summed E-state index contributed by atoms with van der Waals surface area (Å²) in [7, 11) is 0. The van der Waals surface area contributed by atoms with Crippen LogP contribution in [0.25, 0.3) is 0 Å². The normalized spacial score (nSPS) is 31.8. The predicted octanol–water partition coefficient (Wildman–Crippen LogP) is 3.49. The Balaban J connectivity index is 2.00. The minimum atomic E-state index is 0.452. The van der Waals surface area contributed by atoms with Crippen molar-refractivity contribution >= 4 is 18.0 Å². The fraction of sp³-hybridized carbons (Fsp3) is 0.909. The summed E-state index contributed by atoms with van der Waals surface area (Å²) < 4.78 is 0.452. The molecule has 13 heavy (non-hydrogen) atoms. The Morgan fingerprint density at radius 2 is 2.00 bits per heavy atom. The highest BCUT2D eigenvalue weighted by atomic mass is 32.2. The van der Waals surface area contributed by atoms with Crippen LogP contribution < -0.4 is 0 Å². The van der Waals surface area contributed by atoms with Crippen LogP contribution >= 0.6 is 11.8 Å². The minimum absolute atomic E-state index is 0.452. The highest BCUT2D eigenvalue weighted by Crippen LogP contribution is 2.46. The minimum Gasteiger partial charge on any atom is -0.282 e. The third kappa shape index (κ3) is 1.93. The average molecular weight is 197 g/mol. The smallest absolute Gasteiger partial charge is 0.0979 e. The van der Waals surface area contributed by atoms with Crippen molar-refractivity contribution in [2.75, 3.05) is 0 Å². The van der Waals surface area contributed by atoms with Gasteiger partial charge >= 0.3 is 0 Å². The highest BCUT2D eigenvalue weighted by Gasteiger charge is 2.38. The third-order valence-corrected chi connectivity index (χ3v) is 4.97. The fourth-order valence-electron chi connectivity index (χ4n) is 2.22. The van der Waals surface area contributed by atoms with Crippen LogP contribution in [0.15, 0.2) is 4.99 Å². The molecule has 1 aliphatic heterocycles. The summed E-state index contributed by atoms with van der Waals surface area (Å²) in [6, 6.07) is 0. The Bertz CT molecular complexity index is 204. The quantitative estimate of drug-likeness (QED) is 0.627. The van der Waals surface area contributed by atoms with Crippen molar-refractivity contribution in [3.8, 4) is 0 Å². The first kappa shape index (κ1) is 9.57. The van der Waals surface area contributed by atoms with Crippen molar-refractivity contribution in [3.63, 3.8) is 0 Å². The first-order chi connectivity index (χ1) is 6.22. The molecule has 1 unspecified atom stereocenters. The van der Waals surface area contributed by atoms with E-state index in [1.807, 2.05) is 0 Å². The highest BCUT2D eigenvalue weighted by molar-refractivity contribution is 8.02. The molecule has 1 saturated carbocycles. The Morgan fingerprint density at radius 3 is 2.54 bits per heavy atom. The molecule has 2 heteroatoms. The average Bonchev–Trinajstić information content (AvgIpc) is 2.51. The lowest BCUT2D eigenvalue weighted by Gasteiger charge is -2.31. The Morgan fingerprint density at radius 1 is 1.31 bits per heavy atom. The number of thioether (sulfide) groups is 1. The van der Waals surface area contributed by atoms with E-state index in [0.717, 1.165) is 0 Å². The number of nitrogens with zero attached hydrogens (tertiary/aromatic N) is 1. The second-order valence-electron chi connectivity index (χ2n) is 4.66. The molecule has 0 bridgehead atoms. The summed E-state index contributed by atoms with van der Waals surface area (Å²) in [5.74, 6) is 0.697. The van der Waals surface area contributed by atoms with Gasteiger partial charge in [0.15, 0.2) is 0 Å². The summed E-state index contributed by atoms with van der Waals surface area (Å²) in [6.07, 6.45) is 9.24. The maximum absolute atomic E-state index is 4.65. The van der Waals surface area contributed by atoms with Crippen molar-refractivity contribution in [1.82, 2.24) is 0 Å². The van der Waals surface area contributed by atoms with E-state index < -0.39 is 0 Å². The number of aliphatic imine (C=N–C) groups is 1. The van der Waals surface area contributed by atoms with E-state index in [4.69, 9.17) is 0 Å². The Kier molecular flexibility index (Phi) is 2.68. The fourth-order valence-corrected chi connectivity index (χ4v) is 3.74. The predicted molar refractivity (Wildman–Crippen MR) is 60.5 cm³/mol. The van der Waals surface area contributed by atoms with Crippen LogP contribution in [0, 0.1) is 5.92 Å². The van der Waals surface area contributed by atoms with Crippen LogP contribution in [-0.2, 0) is 0 Å². The molecule has 1 heterocycles. The van der Waals surface area contributed by atoms with E-state index in [-0.39, 0.29) is 0 Å². The lowest BCUT2D eigenvalue weighted by molar-refractivity contribution is 0.477. The van der Waals surface area contributed by atoms with E-state index in [9.17, 15) is 0 Å². The Hall–Kier alpha value is 0.0200. The maximum atomic E-state index is 4.65. The van der Waals surface area contributed by atoms with Crippen LogP contribution in [0.1, 0.15) is 46.0 Å². The van der Waals surface area contributed by atoms with Gasteiger partial charge in [-0.3, -0.25) is 4.99 Å². The van der Waals surface area contributed by atoms with Crippen LogP contribution in [0.4, 0.5) is 0 Å². The van der Waals surface area contributed by atoms with Gasteiger partial charge in [0.1, 0.15) is 0 Å². The Labute approximate surface area is 85.4 Å². The standard InChI is InChI=1S/C11H19NS/c1-9(2)10-12-8-11(13-10)6-4-3-5-7-11/h8-10H,3-7H2,1-2H3. The molecule has 1 fully saturated rings. The van der Waals surface area contributed by atoms with E-state index in [2.05, 4.69) is 36.8 Å². The maximum Gasteiger partial charge on any atom is 0.0979 e. The van der Waals surface area contributed by atoms with Gasteiger partial charge in [0.25, 0.3) is 0 Å². The molecule has 2 rings (SSSR count). The van der Waals surface area contributed by atoms with Gasteiger partial charge in [-0.2, -0.15) is 0 Å². The van der Waals surface area contributed by atoms with E-state index in [1.54, 1.807) is 0 Å². The first-order valence-electron chi connectivity index (χ1n) is 5.44. The molecule has 1 aliphatic carbocycles. The number of rotatable bonds is 1. The molecule has 74 valence electrons. The zero-order chi connectivity index (χ0) is 9.31. The van der Waals surface area contributed by atoms with Gasteiger partial charge in [-0.15, -0.1) is 11.8 Å². The van der Waals surface area contributed by atoms with Crippen LogP contribution in [0.3, 0.4) is 0 Å². The second kappa shape index (κ2) is 3.64. The lowest BCUT2D eigenvalue weighted by atomic mass is 9.89. The van der Waals surface area contributed by atoms with Crippen molar-refractivity contribution in [1.29, 1.82) is 0 Å². The van der Waals surface area contributed by atoms with Crippen LogP contribution in [0.5, 0.6) is 0 Å². The zero-order valence-electron chi connectivity index (χ0n) is 8.62. The first-order valence-corrected chi connectivity index (χ1v) is 6.32. The van der Waals surface area contributed by atoms with Crippen LogP contribution in [-0.4, -0.2) is 16.3 Å². The van der Waals surface area contributed by atoms with E-state index in [1.165, 1.54) is 32.1 Å². The topological polar surface area (TPSA) is 12.4 Å². The molecular weight excluding hydrogens is 178 g/mol. The largest absolute Gasteiger partial charge is 0.282 e. The number of hydrogen-bond acceptors (Lipinski definition) is 2. The van der Waals surface area contributed by atoms with Crippen LogP contribution in [0.2, 0.25) is 0 Å². The molecule has 0 N–H and O–H groups in total. The van der Waals surface area contributed by atoms with E-state index in [0.29, 0.717) is 16.0 Å². The van der Waals surface area contributed by atoms with Gasteiger partial charge in [-0.05, 0) is 18.8 Å². The summed E-state index contributed by atoms with van der Waals surface area (Å²) >= 11 is 2.12. The zero-order valence-corrected chi connectivity index (χ0v) is 9.44. The number of hydrogen-bond donors (Lipinski definition) is 0.